The maximum absolute atomic E-state index is 10.7. The first-order valence-corrected chi connectivity index (χ1v) is 7.84. The minimum Gasteiger partial charge on any atom is -0.258 e. The molecule has 0 fully saturated rings. The summed E-state index contributed by atoms with van der Waals surface area (Å²) in [7, 11) is 0. The maximum atomic E-state index is 10.7. The molecule has 7 nitrogen and oxygen atoms in total. The average Bonchev–Trinajstić information content (AvgIpc) is 3.02. The molecule has 116 valence electrons. The van der Waals surface area contributed by atoms with Gasteiger partial charge in [0.1, 0.15) is 0 Å². The van der Waals surface area contributed by atoms with Gasteiger partial charge in [-0.15, -0.1) is 5.10 Å². The Morgan fingerprint density at radius 3 is 2.61 bits per heavy atom. The number of nitro benzene ring substituents is 1. The van der Waals surface area contributed by atoms with Crippen molar-refractivity contribution in [1.82, 2.24) is 20.2 Å². The molecule has 2 aromatic carbocycles. The van der Waals surface area contributed by atoms with Crippen LogP contribution in [0.5, 0.6) is 0 Å². The number of para-hydroxylation sites is 1. The maximum Gasteiger partial charge on any atom is 0.269 e. The van der Waals surface area contributed by atoms with Gasteiger partial charge in [0.2, 0.25) is 5.16 Å². The fraction of sp³-hybridized carbons (Fsp3) is 0.133. The number of non-ortho nitro benzene ring substituents is 1. The Balaban J connectivity index is 1.76. The van der Waals surface area contributed by atoms with E-state index in [4.69, 9.17) is 0 Å². The van der Waals surface area contributed by atoms with Crippen LogP contribution in [-0.2, 0) is 5.75 Å². The molecule has 1 heterocycles. The van der Waals surface area contributed by atoms with Gasteiger partial charge in [0.05, 0.1) is 10.6 Å². The first kappa shape index (κ1) is 15.2. The highest BCUT2D eigenvalue weighted by atomic mass is 32.2. The Morgan fingerprint density at radius 1 is 1.17 bits per heavy atom. The number of aryl methyl sites for hydroxylation is 1. The summed E-state index contributed by atoms with van der Waals surface area (Å²) in [5, 5.41) is 23.2. The van der Waals surface area contributed by atoms with E-state index in [1.54, 1.807) is 16.8 Å². The highest BCUT2D eigenvalue weighted by Crippen LogP contribution is 2.24. The molecule has 0 saturated heterocycles. The van der Waals surface area contributed by atoms with Crippen molar-refractivity contribution in [3.8, 4) is 5.69 Å². The van der Waals surface area contributed by atoms with Gasteiger partial charge in [0, 0.05) is 17.9 Å². The zero-order valence-corrected chi connectivity index (χ0v) is 13.1. The normalized spacial score (nSPS) is 10.7. The van der Waals surface area contributed by atoms with E-state index >= 15 is 0 Å². The Morgan fingerprint density at radius 2 is 1.91 bits per heavy atom. The van der Waals surface area contributed by atoms with Gasteiger partial charge in [-0.3, -0.25) is 10.1 Å². The van der Waals surface area contributed by atoms with Crippen molar-refractivity contribution < 1.29 is 4.92 Å². The second-order valence-corrected chi connectivity index (χ2v) is 5.81. The molecule has 0 amide bonds. The molecule has 1 aromatic heterocycles. The summed E-state index contributed by atoms with van der Waals surface area (Å²) < 4.78 is 1.70. The minimum absolute atomic E-state index is 0.0866. The lowest BCUT2D eigenvalue weighted by Gasteiger charge is -2.07. The minimum atomic E-state index is -0.407. The van der Waals surface area contributed by atoms with Crippen molar-refractivity contribution in [3.63, 3.8) is 0 Å². The predicted molar refractivity (Wildman–Crippen MR) is 86.5 cm³/mol. The number of rotatable bonds is 5. The lowest BCUT2D eigenvalue weighted by atomic mass is 10.2. The van der Waals surface area contributed by atoms with Gasteiger partial charge in [0.15, 0.2) is 0 Å². The number of benzene rings is 2. The lowest BCUT2D eigenvalue weighted by Crippen LogP contribution is -2.01. The second kappa shape index (κ2) is 6.57. The van der Waals surface area contributed by atoms with Gasteiger partial charge in [-0.25, -0.2) is 0 Å². The Kier molecular flexibility index (Phi) is 4.33. The van der Waals surface area contributed by atoms with Gasteiger partial charge < -0.3 is 0 Å². The van der Waals surface area contributed by atoms with Crippen LogP contribution in [0.2, 0.25) is 0 Å². The smallest absolute Gasteiger partial charge is 0.258 e. The van der Waals surface area contributed by atoms with Crippen LogP contribution < -0.4 is 0 Å². The molecule has 8 heteroatoms. The third-order valence-corrected chi connectivity index (χ3v) is 4.29. The summed E-state index contributed by atoms with van der Waals surface area (Å²) in [4.78, 5) is 10.3. The number of aromatic nitrogens is 4. The zero-order valence-electron chi connectivity index (χ0n) is 12.3. The number of thioether (sulfide) groups is 1. The molecule has 0 aliphatic heterocycles. The van der Waals surface area contributed by atoms with Crippen molar-refractivity contribution in [1.29, 1.82) is 0 Å². The molecule has 0 saturated carbocycles. The quantitative estimate of drug-likeness (QED) is 0.406. The molecule has 0 atom stereocenters. The van der Waals surface area contributed by atoms with E-state index in [0.29, 0.717) is 10.9 Å². The molecule has 0 N–H and O–H groups in total. The summed E-state index contributed by atoms with van der Waals surface area (Å²) in [6.45, 7) is 2.00. The first-order valence-electron chi connectivity index (χ1n) is 6.85. The van der Waals surface area contributed by atoms with Crippen molar-refractivity contribution >= 4 is 17.4 Å². The fourth-order valence-corrected chi connectivity index (χ4v) is 2.92. The number of nitro groups is 1. The van der Waals surface area contributed by atoms with Crippen LogP contribution in [0, 0.1) is 17.0 Å². The van der Waals surface area contributed by atoms with Crippen LogP contribution in [0.25, 0.3) is 5.69 Å². The monoisotopic (exact) mass is 327 g/mol. The predicted octanol–water partition coefficient (Wildman–Crippen LogP) is 3.17. The average molecular weight is 327 g/mol. The van der Waals surface area contributed by atoms with Crippen molar-refractivity contribution in [2.24, 2.45) is 0 Å². The number of hydrogen-bond acceptors (Lipinski definition) is 6. The summed E-state index contributed by atoms with van der Waals surface area (Å²) in [5.74, 6) is 0.629. The van der Waals surface area contributed by atoms with E-state index in [-0.39, 0.29) is 5.69 Å². The first-order chi connectivity index (χ1) is 11.1. The Labute approximate surface area is 136 Å². The van der Waals surface area contributed by atoms with E-state index in [9.17, 15) is 10.1 Å². The van der Waals surface area contributed by atoms with Crippen LogP contribution in [0.1, 0.15) is 11.1 Å². The van der Waals surface area contributed by atoms with Crippen LogP contribution >= 0.6 is 11.8 Å². The SMILES string of the molecule is Cc1ccccc1-n1nnnc1SCc1ccc([N+](=O)[O-])cc1. The van der Waals surface area contributed by atoms with Crippen LogP contribution in [0.15, 0.2) is 53.7 Å². The Bertz CT molecular complexity index is 832. The van der Waals surface area contributed by atoms with Gasteiger partial charge in [-0.1, -0.05) is 42.1 Å². The third kappa shape index (κ3) is 3.37. The molecular weight excluding hydrogens is 314 g/mol. The molecule has 23 heavy (non-hydrogen) atoms. The van der Waals surface area contributed by atoms with Crippen LogP contribution in [0.4, 0.5) is 5.69 Å². The van der Waals surface area contributed by atoms with E-state index in [2.05, 4.69) is 15.5 Å². The fourth-order valence-electron chi connectivity index (χ4n) is 2.08. The molecule has 3 aromatic rings. The van der Waals surface area contributed by atoms with Gasteiger partial charge >= 0.3 is 0 Å². The van der Waals surface area contributed by atoms with Crippen molar-refractivity contribution in [3.05, 3.63) is 69.8 Å². The van der Waals surface area contributed by atoms with E-state index in [1.807, 2.05) is 31.2 Å². The van der Waals surface area contributed by atoms with E-state index < -0.39 is 4.92 Å². The van der Waals surface area contributed by atoms with Crippen LogP contribution in [-0.4, -0.2) is 25.1 Å². The molecule has 0 spiro atoms. The molecule has 0 bridgehead atoms. The van der Waals surface area contributed by atoms with Crippen molar-refractivity contribution in [2.45, 2.75) is 17.8 Å². The van der Waals surface area contributed by atoms with E-state index in [0.717, 1.165) is 16.8 Å². The standard InChI is InChI=1S/C15H13N5O2S/c1-11-4-2-3-5-14(11)19-15(16-17-18-19)23-10-12-6-8-13(9-7-12)20(21)22/h2-9H,10H2,1H3. The third-order valence-electron chi connectivity index (χ3n) is 3.30. The van der Waals surface area contributed by atoms with Crippen molar-refractivity contribution in [2.75, 3.05) is 0 Å². The van der Waals surface area contributed by atoms with Gasteiger partial charge in [-0.2, -0.15) is 4.68 Å². The molecule has 0 unspecified atom stereocenters. The molecule has 0 radical (unpaired) electrons. The number of tetrazole rings is 1. The van der Waals surface area contributed by atoms with Gasteiger partial charge in [0.25, 0.3) is 5.69 Å². The topological polar surface area (TPSA) is 86.7 Å². The highest BCUT2D eigenvalue weighted by molar-refractivity contribution is 7.98. The lowest BCUT2D eigenvalue weighted by molar-refractivity contribution is -0.384. The number of nitrogens with zero attached hydrogens (tertiary/aromatic N) is 5. The molecule has 3 rings (SSSR count). The Hall–Kier alpha value is -2.74. The molecule has 0 aliphatic rings. The van der Waals surface area contributed by atoms with Gasteiger partial charge in [-0.05, 0) is 34.5 Å². The largest absolute Gasteiger partial charge is 0.269 e. The summed E-state index contributed by atoms with van der Waals surface area (Å²) in [6, 6.07) is 14.4. The zero-order chi connectivity index (χ0) is 16.2. The van der Waals surface area contributed by atoms with E-state index in [1.165, 1.54) is 23.9 Å². The number of hydrogen-bond donors (Lipinski definition) is 0. The summed E-state index contributed by atoms with van der Waals surface area (Å²) >= 11 is 1.48. The second-order valence-electron chi connectivity index (χ2n) is 4.87. The van der Waals surface area contributed by atoms with Crippen LogP contribution in [0.3, 0.4) is 0 Å². The summed E-state index contributed by atoms with van der Waals surface area (Å²) in [5.41, 5.74) is 3.07. The highest BCUT2D eigenvalue weighted by Gasteiger charge is 2.11. The summed E-state index contributed by atoms with van der Waals surface area (Å²) in [6.07, 6.45) is 0. The molecular formula is C15H13N5O2S. The molecule has 0 aliphatic carbocycles.